The van der Waals surface area contributed by atoms with E-state index in [1.165, 1.54) is 47.3 Å². The molecule has 5 rings (SSSR count). The Morgan fingerprint density at radius 3 is 2.71 bits per heavy atom. The molecule has 0 bridgehead atoms. The molecule has 1 N–H and O–H groups in total. The van der Waals surface area contributed by atoms with E-state index in [2.05, 4.69) is 25.5 Å². The largest absolute Gasteiger partial charge is 0.408 e. The first-order valence-electron chi connectivity index (χ1n) is 10.8. The van der Waals surface area contributed by atoms with Crippen molar-refractivity contribution in [2.45, 2.75) is 37.9 Å². The summed E-state index contributed by atoms with van der Waals surface area (Å²) >= 11 is 0. The third-order valence-corrected chi connectivity index (χ3v) is 5.77. The van der Waals surface area contributed by atoms with Crippen molar-refractivity contribution < 1.29 is 22.4 Å². The Balaban J connectivity index is 1.38. The van der Waals surface area contributed by atoms with Crippen LogP contribution in [0.2, 0.25) is 0 Å². The Labute approximate surface area is 196 Å². The second-order valence-corrected chi connectivity index (χ2v) is 8.29. The van der Waals surface area contributed by atoms with Crippen molar-refractivity contribution in [1.29, 1.82) is 0 Å². The fourth-order valence-corrected chi connectivity index (χ4v) is 3.60. The number of anilines is 1. The Hall–Kier alpha value is -4.09. The molecule has 3 aromatic heterocycles. The summed E-state index contributed by atoms with van der Waals surface area (Å²) in [5, 5.41) is 9.93. The molecule has 12 heteroatoms. The molecule has 1 fully saturated rings. The highest BCUT2D eigenvalue weighted by atomic mass is 19.4. The third-order valence-electron chi connectivity index (χ3n) is 5.77. The molecule has 0 unspecified atom stereocenters. The lowest BCUT2D eigenvalue weighted by Crippen LogP contribution is -2.24. The van der Waals surface area contributed by atoms with Gasteiger partial charge in [-0.3, -0.25) is 4.79 Å². The number of hydrogen-bond acceptors (Lipinski definition) is 5. The highest BCUT2D eigenvalue weighted by molar-refractivity contribution is 6.04. The quantitative estimate of drug-likeness (QED) is 0.392. The van der Waals surface area contributed by atoms with E-state index in [4.69, 9.17) is 0 Å². The monoisotopic (exact) mass is 485 g/mol. The Kier molecular flexibility index (Phi) is 5.58. The molecule has 4 aromatic rings. The Morgan fingerprint density at radius 2 is 1.97 bits per heavy atom. The lowest BCUT2D eigenvalue weighted by Gasteiger charge is -2.18. The van der Waals surface area contributed by atoms with E-state index in [0.29, 0.717) is 5.92 Å². The third kappa shape index (κ3) is 4.63. The minimum Gasteiger partial charge on any atom is -0.307 e. The number of hydrogen-bond donors (Lipinski definition) is 1. The summed E-state index contributed by atoms with van der Waals surface area (Å²) < 4.78 is 56.4. The molecule has 35 heavy (non-hydrogen) atoms. The average Bonchev–Trinajstić information content (AvgIpc) is 3.35. The van der Waals surface area contributed by atoms with Gasteiger partial charge >= 0.3 is 6.18 Å². The van der Waals surface area contributed by atoms with E-state index in [1.54, 1.807) is 6.20 Å². The fraction of sp³-hybridized carbons (Fsp3) is 0.261. The molecule has 0 aliphatic heterocycles. The molecule has 1 atom stereocenters. The van der Waals surface area contributed by atoms with E-state index in [9.17, 15) is 22.4 Å². The number of halogens is 4. The van der Waals surface area contributed by atoms with Crippen LogP contribution in [0, 0.1) is 5.82 Å². The number of alkyl halides is 3. The molecule has 0 radical (unpaired) electrons. The standard InChI is InChI=1S/C23H19F4N7O/c1-13(23(25,26)27)34-12-29-32-21(34)17-3-2-4-20(30-17)31-22(35)15-7-8-16(24)19(9-15)33-10-18(28-11-33)14-5-6-14/h2-4,7-14H,5-6H2,1H3,(H,30,31,35)/t13-/m0/s1. The molecule has 1 amide bonds. The highest BCUT2D eigenvalue weighted by Crippen LogP contribution is 2.39. The molecule has 0 saturated heterocycles. The van der Waals surface area contributed by atoms with Crippen molar-refractivity contribution in [1.82, 2.24) is 29.3 Å². The topological polar surface area (TPSA) is 90.5 Å². The first-order valence-corrected chi connectivity index (χ1v) is 10.8. The number of nitrogens with zero attached hydrogens (tertiary/aromatic N) is 6. The molecule has 0 spiro atoms. The van der Waals surface area contributed by atoms with E-state index in [-0.39, 0.29) is 28.6 Å². The lowest BCUT2D eigenvalue weighted by atomic mass is 10.1. The summed E-state index contributed by atoms with van der Waals surface area (Å²) in [6.07, 6.45) is 1.85. The van der Waals surface area contributed by atoms with Gasteiger partial charge in [0.25, 0.3) is 5.91 Å². The van der Waals surface area contributed by atoms with Gasteiger partial charge in [-0.25, -0.2) is 14.4 Å². The zero-order valence-corrected chi connectivity index (χ0v) is 18.4. The van der Waals surface area contributed by atoms with E-state index < -0.39 is 23.9 Å². The number of pyridine rings is 1. The van der Waals surface area contributed by atoms with Gasteiger partial charge in [0.2, 0.25) is 0 Å². The SMILES string of the molecule is C[C@H](n1cnnc1-c1cccc(NC(=O)c2ccc(F)c(-n3cnc(C4CC4)c3)c2)n1)C(F)(F)F. The fourth-order valence-electron chi connectivity index (χ4n) is 3.60. The number of aromatic nitrogens is 6. The first kappa shape index (κ1) is 22.7. The second-order valence-electron chi connectivity index (χ2n) is 8.29. The summed E-state index contributed by atoms with van der Waals surface area (Å²) in [5.74, 6) is -0.690. The number of rotatable bonds is 6. The molecule has 1 aliphatic rings. The zero-order chi connectivity index (χ0) is 24.7. The van der Waals surface area contributed by atoms with Gasteiger partial charge in [0, 0.05) is 17.7 Å². The summed E-state index contributed by atoms with van der Waals surface area (Å²) in [6.45, 7) is 0.985. The molecule has 8 nitrogen and oxygen atoms in total. The maximum absolute atomic E-state index is 14.5. The first-order chi connectivity index (χ1) is 16.7. The predicted molar refractivity (Wildman–Crippen MR) is 117 cm³/mol. The number of carbonyl (C=O) groups is 1. The van der Waals surface area contributed by atoms with Crippen LogP contribution >= 0.6 is 0 Å². The maximum Gasteiger partial charge on any atom is 0.408 e. The van der Waals surface area contributed by atoms with Crippen LogP contribution in [0.15, 0.2) is 55.2 Å². The van der Waals surface area contributed by atoms with Crippen LogP contribution in [0.3, 0.4) is 0 Å². The van der Waals surface area contributed by atoms with Gasteiger partial charge in [0.05, 0.1) is 17.7 Å². The molecule has 1 aromatic carbocycles. The van der Waals surface area contributed by atoms with Crippen molar-refractivity contribution in [3.05, 3.63) is 72.3 Å². The molecule has 3 heterocycles. The number of amides is 1. The zero-order valence-electron chi connectivity index (χ0n) is 18.4. The minimum atomic E-state index is -4.50. The average molecular weight is 485 g/mol. The second kappa shape index (κ2) is 8.60. The Morgan fingerprint density at radius 1 is 1.17 bits per heavy atom. The van der Waals surface area contributed by atoms with Gasteiger partial charge in [0.1, 0.15) is 29.7 Å². The van der Waals surface area contributed by atoms with Crippen LogP contribution in [0.5, 0.6) is 0 Å². The smallest absolute Gasteiger partial charge is 0.307 e. The van der Waals surface area contributed by atoms with Crippen LogP contribution in [0.25, 0.3) is 17.2 Å². The number of carbonyl (C=O) groups excluding carboxylic acids is 1. The Bertz CT molecular complexity index is 1390. The maximum atomic E-state index is 14.5. The summed E-state index contributed by atoms with van der Waals surface area (Å²) in [7, 11) is 0. The van der Waals surface area contributed by atoms with Crippen LogP contribution in [-0.2, 0) is 0 Å². The van der Waals surface area contributed by atoms with Crippen LogP contribution < -0.4 is 5.32 Å². The van der Waals surface area contributed by atoms with Crippen molar-refractivity contribution in [3.8, 4) is 17.2 Å². The van der Waals surface area contributed by atoms with Crippen LogP contribution in [0.4, 0.5) is 23.4 Å². The van der Waals surface area contributed by atoms with E-state index in [1.807, 2.05) is 0 Å². The van der Waals surface area contributed by atoms with Gasteiger partial charge in [-0.2, -0.15) is 13.2 Å². The van der Waals surface area contributed by atoms with Crippen molar-refractivity contribution in [2.24, 2.45) is 0 Å². The van der Waals surface area contributed by atoms with Gasteiger partial charge in [-0.15, -0.1) is 10.2 Å². The van der Waals surface area contributed by atoms with E-state index in [0.717, 1.165) is 36.4 Å². The van der Waals surface area contributed by atoms with Crippen molar-refractivity contribution in [2.75, 3.05) is 5.32 Å². The van der Waals surface area contributed by atoms with Crippen molar-refractivity contribution >= 4 is 11.7 Å². The summed E-state index contributed by atoms with van der Waals surface area (Å²) in [5.41, 5.74) is 1.33. The number of benzene rings is 1. The molecule has 1 aliphatic carbocycles. The van der Waals surface area contributed by atoms with Crippen molar-refractivity contribution in [3.63, 3.8) is 0 Å². The van der Waals surface area contributed by atoms with Gasteiger partial charge in [-0.1, -0.05) is 6.07 Å². The number of imidazole rings is 1. The molecular formula is C23H19F4N7O. The normalized spacial score (nSPS) is 14.7. The molecular weight excluding hydrogens is 466 g/mol. The highest BCUT2D eigenvalue weighted by Gasteiger charge is 2.38. The van der Waals surface area contributed by atoms with Gasteiger partial charge < -0.3 is 14.5 Å². The van der Waals surface area contributed by atoms with Gasteiger partial charge in [0.15, 0.2) is 5.82 Å². The predicted octanol–water partition coefficient (Wildman–Crippen LogP) is 4.92. The lowest BCUT2D eigenvalue weighted by molar-refractivity contribution is -0.162. The number of nitrogens with one attached hydrogen (secondary N) is 1. The molecule has 180 valence electrons. The summed E-state index contributed by atoms with van der Waals surface area (Å²) in [4.78, 5) is 21.4. The molecule has 1 saturated carbocycles. The minimum absolute atomic E-state index is 0.0891. The summed E-state index contributed by atoms with van der Waals surface area (Å²) in [6, 6.07) is 6.52. The van der Waals surface area contributed by atoms with Crippen LogP contribution in [-0.4, -0.2) is 41.4 Å². The van der Waals surface area contributed by atoms with E-state index >= 15 is 0 Å². The van der Waals surface area contributed by atoms with Gasteiger partial charge in [-0.05, 0) is 50.1 Å². The van der Waals surface area contributed by atoms with Crippen LogP contribution in [0.1, 0.15) is 47.8 Å².